The highest BCUT2D eigenvalue weighted by molar-refractivity contribution is 6.04. The van der Waals surface area contributed by atoms with Crippen molar-refractivity contribution in [2.24, 2.45) is 14.1 Å². The first-order valence-corrected chi connectivity index (χ1v) is 10.6. The lowest BCUT2D eigenvalue weighted by atomic mass is 10.2. The van der Waals surface area contributed by atoms with Crippen LogP contribution in [0.1, 0.15) is 22.8 Å². The van der Waals surface area contributed by atoms with Crippen LogP contribution < -0.4 is 5.56 Å². The summed E-state index contributed by atoms with van der Waals surface area (Å²) in [4.78, 5) is 27.1. The first-order chi connectivity index (χ1) is 16.0. The van der Waals surface area contributed by atoms with E-state index in [9.17, 15) is 4.79 Å². The Morgan fingerprint density at radius 2 is 1.91 bits per heavy atom. The Morgan fingerprint density at radius 3 is 2.76 bits per heavy atom. The molecule has 0 unspecified atom stereocenters. The van der Waals surface area contributed by atoms with Gasteiger partial charge in [-0.25, -0.2) is 14.6 Å². The number of aromatic nitrogens is 9. The van der Waals surface area contributed by atoms with Crippen LogP contribution in [0.5, 0.6) is 0 Å². The molecular weight excluding hydrogens is 418 g/mol. The van der Waals surface area contributed by atoms with Crippen LogP contribution in [0.25, 0.3) is 33.1 Å². The smallest absolute Gasteiger partial charge is 0.291 e. The molecule has 0 aromatic carbocycles. The van der Waals surface area contributed by atoms with Gasteiger partial charge in [0.15, 0.2) is 5.65 Å². The van der Waals surface area contributed by atoms with Gasteiger partial charge in [-0.05, 0) is 30.7 Å². The third-order valence-corrected chi connectivity index (χ3v) is 6.13. The zero-order chi connectivity index (χ0) is 22.7. The maximum atomic E-state index is 13.4. The quantitative estimate of drug-likeness (QED) is 0.451. The SMILES string of the molecule is Cc1cccc(Cc2nc3c4cnn(Cc5ccnc6[nH]ncc56)c(=O)c4n(C)c3n2C)n1. The van der Waals surface area contributed by atoms with Gasteiger partial charge in [-0.15, -0.1) is 0 Å². The Hall–Kier alpha value is -4.34. The van der Waals surface area contributed by atoms with Gasteiger partial charge in [-0.3, -0.25) is 14.9 Å². The lowest BCUT2D eigenvalue weighted by Gasteiger charge is -2.08. The van der Waals surface area contributed by atoms with Crippen LogP contribution in [0.2, 0.25) is 0 Å². The molecule has 0 aliphatic heterocycles. The Balaban J connectivity index is 1.46. The van der Waals surface area contributed by atoms with Crippen molar-refractivity contribution in [3.05, 3.63) is 76.0 Å². The standard InChI is InChI=1S/C23H21N9O/c1-13-5-4-6-15(27-13)9-18-28-19-17-11-26-32(23(33)20(17)31(3)22(19)30(18)2)12-14-7-8-24-21-16(14)10-25-29-21/h4-8,10-11H,9,12H2,1-3H3,(H,24,25,29). The summed E-state index contributed by atoms with van der Waals surface area (Å²) in [5, 5.41) is 13.0. The molecule has 0 spiro atoms. The van der Waals surface area contributed by atoms with Crippen molar-refractivity contribution in [1.29, 1.82) is 0 Å². The molecule has 0 aliphatic rings. The Kier molecular flexibility index (Phi) is 4.16. The summed E-state index contributed by atoms with van der Waals surface area (Å²) in [5.41, 5.74) is 5.61. The first-order valence-electron chi connectivity index (χ1n) is 10.6. The normalized spacial score (nSPS) is 11.8. The summed E-state index contributed by atoms with van der Waals surface area (Å²) in [6, 6.07) is 7.86. The molecular formula is C23H21N9O. The van der Waals surface area contributed by atoms with Crippen LogP contribution in [0.4, 0.5) is 0 Å². The van der Waals surface area contributed by atoms with E-state index < -0.39 is 0 Å². The van der Waals surface area contributed by atoms with Crippen molar-refractivity contribution >= 4 is 33.1 Å². The molecule has 0 bridgehead atoms. The number of aryl methyl sites for hydroxylation is 3. The summed E-state index contributed by atoms with van der Waals surface area (Å²) in [5.74, 6) is 0.888. The summed E-state index contributed by atoms with van der Waals surface area (Å²) < 4.78 is 5.41. The van der Waals surface area contributed by atoms with Gasteiger partial charge >= 0.3 is 0 Å². The number of hydrogen-bond acceptors (Lipinski definition) is 6. The second-order valence-corrected chi connectivity index (χ2v) is 8.24. The topological polar surface area (TPSA) is 112 Å². The molecule has 0 aliphatic carbocycles. The van der Waals surface area contributed by atoms with Gasteiger partial charge in [0, 0.05) is 43.5 Å². The van der Waals surface area contributed by atoms with E-state index in [4.69, 9.17) is 4.98 Å². The van der Waals surface area contributed by atoms with Gasteiger partial charge in [0.25, 0.3) is 5.56 Å². The Morgan fingerprint density at radius 1 is 1.03 bits per heavy atom. The number of fused-ring (bicyclic) bond motifs is 4. The predicted octanol–water partition coefficient (Wildman–Crippen LogP) is 2.24. The number of H-pyrrole nitrogens is 1. The molecule has 164 valence electrons. The molecule has 1 N–H and O–H groups in total. The highest BCUT2D eigenvalue weighted by atomic mass is 16.1. The fourth-order valence-electron chi connectivity index (χ4n) is 4.52. The summed E-state index contributed by atoms with van der Waals surface area (Å²) in [7, 11) is 3.87. The second-order valence-electron chi connectivity index (χ2n) is 8.24. The van der Waals surface area contributed by atoms with Crippen LogP contribution in [0.15, 0.2) is 47.7 Å². The van der Waals surface area contributed by atoms with E-state index in [2.05, 4.69) is 25.3 Å². The van der Waals surface area contributed by atoms with Crippen LogP contribution in [-0.4, -0.2) is 44.1 Å². The first kappa shape index (κ1) is 19.4. The Bertz CT molecular complexity index is 1730. The van der Waals surface area contributed by atoms with E-state index >= 15 is 0 Å². The average Bonchev–Trinajstić information content (AvgIpc) is 3.47. The van der Waals surface area contributed by atoms with Gasteiger partial charge in [0.05, 0.1) is 24.3 Å². The zero-order valence-electron chi connectivity index (χ0n) is 18.4. The van der Waals surface area contributed by atoms with Crippen LogP contribution in [-0.2, 0) is 27.1 Å². The van der Waals surface area contributed by atoms with Crippen LogP contribution >= 0.6 is 0 Å². The van der Waals surface area contributed by atoms with Crippen molar-refractivity contribution in [2.75, 3.05) is 0 Å². The molecule has 0 atom stereocenters. The molecule has 6 aromatic heterocycles. The van der Waals surface area contributed by atoms with E-state index in [0.29, 0.717) is 24.1 Å². The maximum absolute atomic E-state index is 13.4. The summed E-state index contributed by atoms with van der Waals surface area (Å²) in [6.07, 6.45) is 5.76. The number of nitrogens with zero attached hydrogens (tertiary/aromatic N) is 8. The van der Waals surface area contributed by atoms with Crippen LogP contribution in [0, 0.1) is 6.92 Å². The average molecular weight is 439 g/mol. The van der Waals surface area contributed by atoms with Crippen molar-refractivity contribution in [3.8, 4) is 0 Å². The summed E-state index contributed by atoms with van der Waals surface area (Å²) >= 11 is 0. The molecule has 6 rings (SSSR count). The number of aromatic amines is 1. The minimum atomic E-state index is -0.164. The molecule has 0 saturated carbocycles. The molecule has 6 aromatic rings. The lowest BCUT2D eigenvalue weighted by Crippen LogP contribution is -2.24. The Labute approximate surface area is 187 Å². The van der Waals surface area contributed by atoms with E-state index in [-0.39, 0.29) is 5.56 Å². The number of imidazole rings is 1. The van der Waals surface area contributed by atoms with Gasteiger partial charge in [0.1, 0.15) is 22.5 Å². The van der Waals surface area contributed by atoms with Crippen molar-refractivity contribution in [2.45, 2.75) is 19.9 Å². The number of pyridine rings is 2. The van der Waals surface area contributed by atoms with Gasteiger partial charge in [-0.2, -0.15) is 10.2 Å². The molecule has 0 fully saturated rings. The van der Waals surface area contributed by atoms with E-state index in [1.165, 1.54) is 4.68 Å². The molecule has 33 heavy (non-hydrogen) atoms. The summed E-state index contributed by atoms with van der Waals surface area (Å²) in [6.45, 7) is 2.30. The van der Waals surface area contributed by atoms with Gasteiger partial charge in [0.2, 0.25) is 0 Å². The molecule has 0 amide bonds. The minimum Gasteiger partial charge on any atom is -0.324 e. The third-order valence-electron chi connectivity index (χ3n) is 6.13. The maximum Gasteiger partial charge on any atom is 0.291 e. The highest BCUT2D eigenvalue weighted by Gasteiger charge is 2.21. The molecule has 0 radical (unpaired) electrons. The largest absolute Gasteiger partial charge is 0.324 e. The minimum absolute atomic E-state index is 0.164. The molecule has 6 heterocycles. The van der Waals surface area contributed by atoms with Crippen LogP contribution in [0.3, 0.4) is 0 Å². The fourth-order valence-corrected chi connectivity index (χ4v) is 4.52. The highest BCUT2D eigenvalue weighted by Crippen LogP contribution is 2.26. The fraction of sp³-hybridized carbons (Fsp3) is 0.217. The van der Waals surface area contributed by atoms with Crippen molar-refractivity contribution in [3.63, 3.8) is 0 Å². The van der Waals surface area contributed by atoms with E-state index in [1.807, 2.05) is 54.4 Å². The molecule has 10 nitrogen and oxygen atoms in total. The lowest BCUT2D eigenvalue weighted by molar-refractivity contribution is 0.646. The number of nitrogens with one attached hydrogen (secondary N) is 1. The zero-order valence-corrected chi connectivity index (χ0v) is 18.4. The monoisotopic (exact) mass is 439 g/mol. The van der Waals surface area contributed by atoms with Gasteiger partial charge in [-0.1, -0.05) is 6.07 Å². The molecule has 10 heteroatoms. The third kappa shape index (κ3) is 2.94. The van der Waals surface area contributed by atoms with E-state index in [1.54, 1.807) is 18.6 Å². The predicted molar refractivity (Wildman–Crippen MR) is 124 cm³/mol. The van der Waals surface area contributed by atoms with Crippen molar-refractivity contribution < 1.29 is 0 Å². The number of rotatable bonds is 4. The van der Waals surface area contributed by atoms with Crippen molar-refractivity contribution in [1.82, 2.24) is 44.1 Å². The second kappa shape index (κ2) is 7.09. The number of hydrogen-bond donors (Lipinski definition) is 1. The van der Waals surface area contributed by atoms with E-state index in [0.717, 1.165) is 44.7 Å². The molecule has 0 saturated heterocycles. The van der Waals surface area contributed by atoms with Gasteiger partial charge < -0.3 is 9.13 Å².